The molecule has 0 heterocycles. The van der Waals surface area contributed by atoms with Gasteiger partial charge in [0.05, 0.1) is 0 Å². The SMILES string of the molecule is [2H]OC(=O)C([2H])([2H])CC([2H])([2H])N([2H])C(C)(C)C. The Hall–Kier alpha value is -0.570. The lowest BCUT2D eigenvalue weighted by Crippen LogP contribution is -2.36. The van der Waals surface area contributed by atoms with Gasteiger partial charge in [0, 0.05) is 17.4 Å². The second kappa shape index (κ2) is 4.34. The number of carboxylic acids is 1. The molecule has 0 bridgehead atoms. The van der Waals surface area contributed by atoms with Crippen molar-refractivity contribution in [2.75, 3.05) is 6.50 Å². The number of nitrogens with one attached hydrogen (secondary N) is 1. The van der Waals surface area contributed by atoms with Gasteiger partial charge in [0.25, 0.3) is 1.43 Å². The van der Waals surface area contributed by atoms with Gasteiger partial charge in [-0.1, -0.05) is 0 Å². The van der Waals surface area contributed by atoms with E-state index in [1.165, 1.54) is 0 Å². The van der Waals surface area contributed by atoms with E-state index < -0.39 is 30.8 Å². The minimum absolute atomic E-state index is 0.592. The molecule has 0 aliphatic rings. The summed E-state index contributed by atoms with van der Waals surface area (Å²) in [6, 6.07) is 0. The Labute approximate surface area is 76.4 Å². The highest BCUT2D eigenvalue weighted by atomic mass is 16.4. The van der Waals surface area contributed by atoms with Crippen molar-refractivity contribution in [3.8, 4) is 0 Å². The van der Waals surface area contributed by atoms with E-state index in [9.17, 15) is 4.79 Å². The molecule has 0 fully saturated rings. The van der Waals surface area contributed by atoms with Gasteiger partial charge in [-0.2, -0.15) is 0 Å². The molecular formula is C8H17NO2. The van der Waals surface area contributed by atoms with Gasteiger partial charge in [0.15, 0.2) is 0 Å². The van der Waals surface area contributed by atoms with Crippen molar-refractivity contribution in [1.29, 1.82) is 1.43 Å². The molecule has 66 valence electrons. The first-order valence-electron chi connectivity index (χ1n) is 6.17. The van der Waals surface area contributed by atoms with Crippen LogP contribution in [0, 0.1) is 0 Å². The summed E-state index contributed by atoms with van der Waals surface area (Å²) in [5.41, 5.74) is -0.843. The average molecular weight is 165 g/mol. The van der Waals surface area contributed by atoms with Crippen LogP contribution in [0.4, 0.5) is 0 Å². The highest BCUT2D eigenvalue weighted by Crippen LogP contribution is 1.98. The molecule has 11 heavy (non-hydrogen) atoms. The summed E-state index contributed by atoms with van der Waals surface area (Å²) in [6.45, 7) is 2.43. The molecule has 0 aromatic rings. The molecule has 0 aromatic heterocycles. The molecule has 0 radical (unpaired) electrons. The first kappa shape index (κ1) is 3.90. The van der Waals surface area contributed by atoms with Crippen LogP contribution in [-0.4, -0.2) is 23.1 Å². The van der Waals surface area contributed by atoms with Gasteiger partial charge in [-0.3, -0.25) is 4.79 Å². The van der Waals surface area contributed by atoms with Gasteiger partial charge in [0.2, 0.25) is 0 Å². The van der Waals surface area contributed by atoms with Crippen LogP contribution in [-0.2, 0) is 4.79 Å². The molecule has 0 aliphatic heterocycles. The molecular weight excluding hydrogens is 142 g/mol. The first-order chi connectivity index (χ1) is 7.34. The Bertz CT molecular complexity index is 288. The van der Waals surface area contributed by atoms with Crippen molar-refractivity contribution in [3.63, 3.8) is 0 Å². The van der Waals surface area contributed by atoms with E-state index in [1.807, 2.05) is 0 Å². The van der Waals surface area contributed by atoms with Crippen molar-refractivity contribution in [2.24, 2.45) is 0 Å². The normalized spacial score (nSPS) is 22.2. The summed E-state index contributed by atoms with van der Waals surface area (Å²) in [5.74, 6) is -1.47. The van der Waals surface area contributed by atoms with Crippen molar-refractivity contribution in [2.45, 2.75) is 39.1 Å². The number of hydrogen-bond acceptors (Lipinski definition) is 3. The lowest BCUT2D eigenvalue weighted by molar-refractivity contribution is -0.137. The summed E-state index contributed by atoms with van der Waals surface area (Å²) in [4.78, 5) is 11.0. The van der Waals surface area contributed by atoms with Crippen LogP contribution < -0.4 is 5.31 Å². The molecule has 0 aliphatic carbocycles. The molecule has 0 saturated heterocycles. The monoisotopic (exact) mass is 165 g/mol. The van der Waals surface area contributed by atoms with Gasteiger partial charge in [-0.15, -0.1) is 0 Å². The second-order valence-corrected chi connectivity index (χ2v) is 3.08. The quantitative estimate of drug-likeness (QED) is 0.659. The largest absolute Gasteiger partial charge is 0.481 e. The van der Waals surface area contributed by atoms with E-state index in [1.54, 1.807) is 20.8 Å². The van der Waals surface area contributed by atoms with Crippen LogP contribution in [0.5, 0.6) is 0 Å². The molecule has 3 nitrogen and oxygen atoms in total. The number of aliphatic carboxylic acids is 1. The van der Waals surface area contributed by atoms with Crippen molar-refractivity contribution in [3.05, 3.63) is 0 Å². The van der Waals surface area contributed by atoms with E-state index in [-0.39, 0.29) is 0 Å². The second-order valence-electron chi connectivity index (χ2n) is 3.08. The number of carboxylic acid groups (broad SMARTS) is 1. The maximum Gasteiger partial charge on any atom is 0.303 e. The Morgan fingerprint density at radius 3 is 2.91 bits per heavy atom. The van der Waals surface area contributed by atoms with E-state index in [0.717, 1.165) is 0 Å². The third-order valence-corrected chi connectivity index (χ3v) is 0.726. The van der Waals surface area contributed by atoms with Crippen molar-refractivity contribution < 1.29 is 16.8 Å². The fourth-order valence-corrected chi connectivity index (χ4v) is 0.388. The summed E-state index contributed by atoms with van der Waals surface area (Å²) in [6.07, 6.45) is -3.52. The molecule has 0 saturated carbocycles. The number of rotatable bonds is 4. The van der Waals surface area contributed by atoms with Gasteiger partial charge in [0.1, 0.15) is 1.41 Å². The van der Waals surface area contributed by atoms with Crippen LogP contribution in [0.3, 0.4) is 0 Å². The van der Waals surface area contributed by atoms with Gasteiger partial charge in [-0.05, 0) is 33.7 Å². The van der Waals surface area contributed by atoms with Crippen molar-refractivity contribution >= 4 is 5.97 Å². The predicted octanol–water partition coefficient (Wildman–Crippen LogP) is 1.24. The van der Waals surface area contributed by atoms with Crippen molar-refractivity contribution in [1.82, 2.24) is 5.31 Å². The average Bonchev–Trinajstić information content (AvgIpc) is 2.12. The van der Waals surface area contributed by atoms with Gasteiger partial charge < -0.3 is 10.4 Å². The molecule has 2 N–H and O–H groups in total. The lowest BCUT2D eigenvalue weighted by Gasteiger charge is -2.19. The molecule has 0 spiro atoms. The predicted molar refractivity (Wildman–Crippen MR) is 44.6 cm³/mol. The zero-order valence-electron chi connectivity index (χ0n) is 13.0. The lowest BCUT2D eigenvalue weighted by atomic mass is 10.1. The molecule has 0 rings (SSSR count). The Morgan fingerprint density at radius 2 is 2.45 bits per heavy atom. The topological polar surface area (TPSA) is 49.3 Å². The fraction of sp³-hybridized carbons (Fsp3) is 0.875. The highest BCUT2D eigenvalue weighted by Gasteiger charge is 2.07. The van der Waals surface area contributed by atoms with Crippen LogP contribution >= 0.6 is 0 Å². The maximum absolute atomic E-state index is 11.0. The van der Waals surface area contributed by atoms with E-state index >= 15 is 0 Å². The number of carbonyl (C=O) groups is 1. The summed E-state index contributed by atoms with van der Waals surface area (Å²) in [5, 5.41) is 4.11. The summed E-state index contributed by atoms with van der Waals surface area (Å²) in [7, 11) is 0. The van der Waals surface area contributed by atoms with E-state index in [4.69, 9.17) is 8.33 Å². The zero-order valence-corrected chi connectivity index (χ0v) is 6.97. The van der Waals surface area contributed by atoms with Crippen LogP contribution in [0.2, 0.25) is 1.41 Å². The summed E-state index contributed by atoms with van der Waals surface area (Å²) < 4.78 is 43.8. The van der Waals surface area contributed by atoms with Gasteiger partial charge >= 0.3 is 5.97 Å². The molecule has 0 atom stereocenters. The number of hydrogen-bond donors (Lipinski definition) is 2. The van der Waals surface area contributed by atoms with E-state index in [2.05, 4.69) is 5.11 Å². The minimum Gasteiger partial charge on any atom is -0.481 e. The smallest absolute Gasteiger partial charge is 0.303 e. The van der Waals surface area contributed by atoms with Crippen LogP contribution in [0.25, 0.3) is 1.43 Å². The molecule has 0 unspecified atom stereocenters. The minimum atomic E-state index is -2.64. The van der Waals surface area contributed by atoms with Crippen LogP contribution in [0.15, 0.2) is 0 Å². The maximum atomic E-state index is 11.0. The summed E-state index contributed by atoms with van der Waals surface area (Å²) >= 11 is 0. The molecule has 0 aromatic carbocycles. The Balaban J connectivity index is 4.93. The highest BCUT2D eigenvalue weighted by molar-refractivity contribution is 5.66. The first-order valence-corrected chi connectivity index (χ1v) is 3.31. The standard InChI is InChI=1S/C8H17NO2/c1-8(2,3)9-6-4-5-7(10)11/h9H,4-6H2,1-3H3,(H,10,11)/i5D2,6D2/hD2. The Kier molecular flexibility index (Phi) is 1.54. The van der Waals surface area contributed by atoms with Crippen LogP contribution in [0.1, 0.15) is 39.0 Å². The van der Waals surface area contributed by atoms with Gasteiger partial charge in [-0.25, -0.2) is 0 Å². The zero-order chi connectivity index (χ0) is 14.1. The third-order valence-electron chi connectivity index (χ3n) is 0.726. The molecule has 3 heteroatoms. The van der Waals surface area contributed by atoms with E-state index in [0.29, 0.717) is 5.31 Å². The molecule has 0 amide bonds. The Morgan fingerprint density at radius 1 is 1.82 bits per heavy atom. The third kappa shape index (κ3) is 9.43. The fourth-order valence-electron chi connectivity index (χ4n) is 0.388.